The van der Waals surface area contributed by atoms with Crippen LogP contribution in [0.1, 0.15) is 27.7 Å². The standard InChI is InChI=1S/C9H18N3O3PS.ClH/c1-6(2)14-16(13,15-7(3)4)8-5-11-12-9(10)17-8;/h5-8H,1-4H3,(H2,10,12);1H. The normalized spacial score (nSPS) is 19.9. The van der Waals surface area contributed by atoms with Gasteiger partial charge in [0.2, 0.25) is 0 Å². The fourth-order valence-corrected chi connectivity index (χ4v) is 4.49. The van der Waals surface area contributed by atoms with Gasteiger partial charge in [-0.25, -0.2) is 0 Å². The SMILES string of the molecule is CC(C)OP(=O)(OC(C)C)C1C=NN=C(N)S1.Cl. The molecular formula is C9H19ClN3O3PS. The molecule has 1 atom stereocenters. The van der Waals surface area contributed by atoms with Crippen LogP contribution >= 0.6 is 31.8 Å². The van der Waals surface area contributed by atoms with Gasteiger partial charge in [0, 0.05) is 0 Å². The second-order valence-corrected chi connectivity index (χ2v) is 7.63. The van der Waals surface area contributed by atoms with Crippen LogP contribution in [0, 0.1) is 0 Å². The summed E-state index contributed by atoms with van der Waals surface area (Å²) in [5.41, 5.74) is 5.55. The topological polar surface area (TPSA) is 86.3 Å². The Morgan fingerprint density at radius 1 is 1.33 bits per heavy atom. The molecule has 1 aliphatic rings. The van der Waals surface area contributed by atoms with E-state index in [1.807, 2.05) is 0 Å². The molecule has 2 N–H and O–H groups in total. The van der Waals surface area contributed by atoms with Gasteiger partial charge >= 0.3 is 7.60 Å². The molecule has 0 aromatic carbocycles. The minimum atomic E-state index is -3.29. The predicted octanol–water partition coefficient (Wildman–Crippen LogP) is 2.82. The highest BCUT2D eigenvalue weighted by Gasteiger charge is 2.39. The lowest BCUT2D eigenvalue weighted by atomic mass is 10.5. The van der Waals surface area contributed by atoms with Crippen molar-refractivity contribution in [1.29, 1.82) is 0 Å². The molecule has 1 rings (SSSR count). The predicted molar refractivity (Wildman–Crippen MR) is 78.8 cm³/mol. The zero-order chi connectivity index (χ0) is 13.1. The van der Waals surface area contributed by atoms with E-state index >= 15 is 0 Å². The summed E-state index contributed by atoms with van der Waals surface area (Å²) in [6, 6.07) is 0. The molecule has 1 aliphatic heterocycles. The lowest BCUT2D eigenvalue weighted by Gasteiger charge is -2.27. The molecule has 0 aliphatic carbocycles. The zero-order valence-corrected chi connectivity index (χ0v) is 13.3. The molecule has 0 amide bonds. The molecule has 0 saturated heterocycles. The Labute approximate surface area is 118 Å². The van der Waals surface area contributed by atoms with Gasteiger partial charge in [-0.15, -0.1) is 17.5 Å². The smallest absolute Gasteiger partial charge is 0.349 e. The Morgan fingerprint density at radius 3 is 2.22 bits per heavy atom. The maximum absolute atomic E-state index is 12.7. The van der Waals surface area contributed by atoms with Gasteiger partial charge in [-0.3, -0.25) is 4.57 Å². The van der Waals surface area contributed by atoms with Crippen LogP contribution in [0.25, 0.3) is 0 Å². The Bertz CT molecular complexity index is 362. The molecule has 0 spiro atoms. The second-order valence-electron chi connectivity index (χ2n) is 4.06. The maximum Gasteiger partial charge on any atom is 0.349 e. The molecule has 106 valence electrons. The van der Waals surface area contributed by atoms with Crippen LogP contribution < -0.4 is 5.73 Å². The van der Waals surface area contributed by atoms with E-state index in [1.54, 1.807) is 27.7 Å². The third-order valence-corrected chi connectivity index (χ3v) is 5.58. The summed E-state index contributed by atoms with van der Waals surface area (Å²) in [6.07, 6.45) is 1.05. The van der Waals surface area contributed by atoms with Crippen molar-refractivity contribution in [3.05, 3.63) is 0 Å². The summed E-state index contributed by atoms with van der Waals surface area (Å²) < 4.78 is 23.6. The highest BCUT2D eigenvalue weighted by Crippen LogP contribution is 2.58. The highest BCUT2D eigenvalue weighted by atomic mass is 35.5. The van der Waals surface area contributed by atoms with E-state index < -0.39 is 12.6 Å². The molecule has 6 nitrogen and oxygen atoms in total. The average Bonchev–Trinajstić information content (AvgIpc) is 2.14. The van der Waals surface area contributed by atoms with Gasteiger partial charge in [0.15, 0.2) is 10.2 Å². The number of amidine groups is 1. The van der Waals surface area contributed by atoms with Gasteiger partial charge in [0.05, 0.1) is 18.4 Å². The summed E-state index contributed by atoms with van der Waals surface area (Å²) >= 11 is 1.14. The monoisotopic (exact) mass is 315 g/mol. The quantitative estimate of drug-likeness (QED) is 0.788. The van der Waals surface area contributed by atoms with E-state index in [0.29, 0.717) is 0 Å². The zero-order valence-electron chi connectivity index (χ0n) is 10.8. The van der Waals surface area contributed by atoms with Gasteiger partial charge < -0.3 is 14.8 Å². The highest BCUT2D eigenvalue weighted by molar-refractivity contribution is 8.18. The van der Waals surface area contributed by atoms with Gasteiger partial charge in [-0.05, 0) is 27.7 Å². The lowest BCUT2D eigenvalue weighted by molar-refractivity contribution is 0.144. The molecule has 0 saturated carbocycles. The van der Waals surface area contributed by atoms with Crippen molar-refractivity contribution in [1.82, 2.24) is 0 Å². The third kappa shape index (κ3) is 5.28. The Hall–Kier alpha value is -0.0700. The van der Waals surface area contributed by atoms with Gasteiger partial charge in [-0.2, -0.15) is 5.10 Å². The Morgan fingerprint density at radius 2 is 1.83 bits per heavy atom. The van der Waals surface area contributed by atoms with Crippen molar-refractivity contribution in [3.63, 3.8) is 0 Å². The van der Waals surface area contributed by atoms with Crippen molar-refractivity contribution in [2.24, 2.45) is 15.9 Å². The van der Waals surface area contributed by atoms with Gasteiger partial charge in [0.25, 0.3) is 0 Å². The average molecular weight is 316 g/mol. The van der Waals surface area contributed by atoms with Crippen LogP contribution in [0.5, 0.6) is 0 Å². The first kappa shape index (κ1) is 17.9. The van der Waals surface area contributed by atoms with Crippen LogP contribution in [0.2, 0.25) is 0 Å². The fourth-order valence-electron chi connectivity index (χ4n) is 1.20. The van der Waals surface area contributed by atoms with E-state index in [1.165, 1.54) is 6.21 Å². The number of halogens is 1. The van der Waals surface area contributed by atoms with Crippen LogP contribution in [-0.4, -0.2) is 28.6 Å². The Kier molecular flexibility index (Phi) is 7.47. The number of nitrogens with two attached hydrogens (primary N) is 1. The third-order valence-electron chi connectivity index (χ3n) is 1.62. The largest absolute Gasteiger partial charge is 0.377 e. The van der Waals surface area contributed by atoms with E-state index in [-0.39, 0.29) is 29.8 Å². The van der Waals surface area contributed by atoms with Crippen LogP contribution in [-0.2, 0) is 13.6 Å². The van der Waals surface area contributed by atoms with Gasteiger partial charge in [-0.1, -0.05) is 11.8 Å². The first-order valence-electron chi connectivity index (χ1n) is 5.33. The van der Waals surface area contributed by atoms with Crippen molar-refractivity contribution in [2.75, 3.05) is 0 Å². The molecular weight excluding hydrogens is 297 g/mol. The summed E-state index contributed by atoms with van der Waals surface area (Å²) in [4.78, 5) is -0.537. The van der Waals surface area contributed by atoms with Crippen LogP contribution in [0.15, 0.2) is 10.2 Å². The molecule has 0 radical (unpaired) electrons. The minimum Gasteiger partial charge on any atom is -0.377 e. The molecule has 9 heteroatoms. The van der Waals surface area contributed by atoms with Crippen molar-refractivity contribution in [3.8, 4) is 0 Å². The van der Waals surface area contributed by atoms with Crippen LogP contribution in [0.3, 0.4) is 0 Å². The lowest BCUT2D eigenvalue weighted by Crippen LogP contribution is -2.22. The molecule has 1 heterocycles. The number of hydrogen-bond acceptors (Lipinski definition) is 7. The molecule has 0 bridgehead atoms. The fraction of sp³-hybridized carbons (Fsp3) is 0.778. The Balaban J connectivity index is 0.00000289. The summed E-state index contributed by atoms with van der Waals surface area (Å²) in [5, 5.41) is 7.61. The van der Waals surface area contributed by atoms with E-state index in [4.69, 9.17) is 14.8 Å². The van der Waals surface area contributed by atoms with Gasteiger partial charge in [0.1, 0.15) is 0 Å². The summed E-state index contributed by atoms with van der Waals surface area (Å²) in [5.74, 6) is 0. The molecule has 0 aromatic heterocycles. The summed E-state index contributed by atoms with van der Waals surface area (Å²) in [7, 11) is -3.29. The van der Waals surface area contributed by atoms with Crippen molar-refractivity contribution >= 4 is 43.1 Å². The number of nitrogens with zero attached hydrogens (tertiary/aromatic N) is 2. The van der Waals surface area contributed by atoms with Crippen molar-refractivity contribution in [2.45, 2.75) is 44.9 Å². The molecule has 1 unspecified atom stereocenters. The molecule has 18 heavy (non-hydrogen) atoms. The number of rotatable bonds is 5. The summed E-state index contributed by atoms with van der Waals surface area (Å²) in [6.45, 7) is 7.22. The number of hydrogen-bond donors (Lipinski definition) is 1. The van der Waals surface area contributed by atoms with E-state index in [2.05, 4.69) is 10.2 Å². The first-order chi connectivity index (χ1) is 7.83. The second kappa shape index (κ2) is 7.50. The van der Waals surface area contributed by atoms with E-state index in [9.17, 15) is 4.57 Å². The minimum absolute atomic E-state index is 0. The van der Waals surface area contributed by atoms with E-state index in [0.717, 1.165) is 11.8 Å². The molecule has 0 fully saturated rings. The van der Waals surface area contributed by atoms with Crippen molar-refractivity contribution < 1.29 is 13.6 Å². The number of thioether (sulfide) groups is 1. The first-order valence-corrected chi connectivity index (χ1v) is 7.82. The molecule has 0 aromatic rings. The maximum atomic E-state index is 12.7. The van der Waals surface area contributed by atoms with Crippen LogP contribution in [0.4, 0.5) is 0 Å².